The van der Waals surface area contributed by atoms with E-state index in [-0.39, 0.29) is 5.91 Å². The van der Waals surface area contributed by atoms with Crippen LogP contribution in [-0.2, 0) is 4.79 Å². The van der Waals surface area contributed by atoms with E-state index in [1.165, 1.54) is 21.9 Å². The van der Waals surface area contributed by atoms with Crippen LogP contribution in [0, 0.1) is 0 Å². The van der Waals surface area contributed by atoms with Gasteiger partial charge < -0.3 is 9.80 Å². The summed E-state index contributed by atoms with van der Waals surface area (Å²) in [7, 11) is 6.42. The summed E-state index contributed by atoms with van der Waals surface area (Å²) in [4.78, 5) is 11.1. The van der Waals surface area contributed by atoms with Gasteiger partial charge in [-0.3, -0.25) is 4.79 Å². The van der Waals surface area contributed by atoms with E-state index >= 15 is 0 Å². The van der Waals surface area contributed by atoms with Crippen molar-refractivity contribution in [3.05, 3.63) is 133 Å². The van der Waals surface area contributed by atoms with Gasteiger partial charge in [-0.25, -0.2) is 0 Å². The molecule has 0 aliphatic heterocycles. The molecule has 4 heteroatoms. The van der Waals surface area contributed by atoms with Gasteiger partial charge in [-0.1, -0.05) is 128 Å². The van der Waals surface area contributed by atoms with Gasteiger partial charge in [0.15, 0.2) is 0 Å². The zero-order valence-electron chi connectivity index (χ0n) is 23.3. The van der Waals surface area contributed by atoms with Crippen LogP contribution in [0.1, 0.15) is 13.3 Å². The van der Waals surface area contributed by atoms with E-state index in [9.17, 15) is 4.79 Å². The second kappa shape index (κ2) is 13.6. The van der Waals surface area contributed by atoms with Crippen molar-refractivity contribution >= 4 is 33.9 Å². The predicted molar refractivity (Wildman–Crippen MR) is 165 cm³/mol. The Kier molecular flexibility index (Phi) is 10.3. The molecular formula is C34H41BN2O. The van der Waals surface area contributed by atoms with Gasteiger partial charge in [-0.2, -0.15) is 21.9 Å². The molecule has 0 heterocycles. The SMILES string of the molecule is C=C(C)C(=O)NCCC[N+](C)(C)C.c1ccc([B-](c2ccccc2)(c2ccccc2)c2ccccc2)cc1. The van der Waals surface area contributed by atoms with Crippen LogP contribution in [0.25, 0.3) is 0 Å². The fraction of sp³-hybridized carbons (Fsp3) is 0.206. The van der Waals surface area contributed by atoms with Crippen molar-refractivity contribution in [1.29, 1.82) is 0 Å². The molecule has 4 rings (SSSR count). The Morgan fingerprint density at radius 2 is 0.974 bits per heavy atom. The van der Waals surface area contributed by atoms with Crippen LogP contribution in [0.4, 0.5) is 0 Å². The second-order valence-corrected chi connectivity index (χ2v) is 10.9. The van der Waals surface area contributed by atoms with Gasteiger partial charge >= 0.3 is 0 Å². The molecule has 38 heavy (non-hydrogen) atoms. The monoisotopic (exact) mass is 504 g/mol. The minimum absolute atomic E-state index is 0.0404. The Balaban J connectivity index is 0.000000263. The highest BCUT2D eigenvalue weighted by atomic mass is 16.1. The maximum absolute atomic E-state index is 11.1. The van der Waals surface area contributed by atoms with Crippen molar-refractivity contribution in [2.45, 2.75) is 13.3 Å². The number of hydrogen-bond acceptors (Lipinski definition) is 1. The number of rotatable bonds is 9. The molecule has 0 spiro atoms. The summed E-state index contributed by atoms with van der Waals surface area (Å²) in [6.07, 6.45) is -0.213. The highest BCUT2D eigenvalue weighted by Crippen LogP contribution is 2.09. The Labute approximate surface area is 229 Å². The van der Waals surface area contributed by atoms with Gasteiger partial charge in [-0.15, -0.1) is 0 Å². The van der Waals surface area contributed by atoms with E-state index in [0.717, 1.165) is 24.0 Å². The van der Waals surface area contributed by atoms with Gasteiger partial charge in [0.25, 0.3) is 0 Å². The van der Waals surface area contributed by atoms with Crippen LogP contribution in [0.2, 0.25) is 0 Å². The standard InChI is InChI=1S/C24H20B.C10H20N2O/c1-5-13-21(14-6-1)25(22-15-7-2-8-16-22,23-17-9-3-10-18-23)24-19-11-4-12-20-24;1-9(2)10(13)11-7-6-8-12(3,4)5/h1-20H;1,6-8H2,2-5H3/q-1;/p+1. The van der Waals surface area contributed by atoms with E-state index < -0.39 is 6.15 Å². The quantitative estimate of drug-likeness (QED) is 0.160. The van der Waals surface area contributed by atoms with Crippen LogP contribution in [0.3, 0.4) is 0 Å². The lowest BCUT2D eigenvalue weighted by Crippen LogP contribution is -2.74. The van der Waals surface area contributed by atoms with E-state index in [2.05, 4.69) is 154 Å². The molecule has 0 radical (unpaired) electrons. The van der Waals surface area contributed by atoms with Gasteiger partial charge in [0.1, 0.15) is 6.15 Å². The molecule has 3 nitrogen and oxygen atoms in total. The fourth-order valence-corrected chi connectivity index (χ4v) is 5.03. The lowest BCUT2D eigenvalue weighted by atomic mass is 9.13. The predicted octanol–water partition coefficient (Wildman–Crippen LogP) is 3.84. The molecule has 0 aromatic heterocycles. The maximum atomic E-state index is 11.1. The van der Waals surface area contributed by atoms with Gasteiger partial charge in [0.2, 0.25) is 5.91 Å². The molecule has 0 aliphatic carbocycles. The maximum Gasteiger partial charge on any atom is 0.246 e. The number of carbonyl (C=O) groups is 1. The molecule has 0 saturated carbocycles. The molecule has 0 saturated heterocycles. The average molecular weight is 505 g/mol. The van der Waals surface area contributed by atoms with Crippen LogP contribution < -0.4 is 27.2 Å². The molecule has 1 N–H and O–H groups in total. The Morgan fingerprint density at radius 1 is 0.658 bits per heavy atom. The molecule has 0 atom stereocenters. The van der Waals surface area contributed by atoms with E-state index in [1.807, 2.05) is 0 Å². The smallest absolute Gasteiger partial charge is 0.246 e. The first-order valence-corrected chi connectivity index (χ1v) is 13.4. The number of quaternary nitrogens is 1. The zero-order chi connectivity index (χ0) is 27.4. The van der Waals surface area contributed by atoms with Crippen molar-refractivity contribution in [3.8, 4) is 0 Å². The lowest BCUT2D eigenvalue weighted by molar-refractivity contribution is -0.870. The average Bonchev–Trinajstić information content (AvgIpc) is 2.94. The Morgan fingerprint density at radius 3 is 1.24 bits per heavy atom. The van der Waals surface area contributed by atoms with Crippen molar-refractivity contribution in [3.63, 3.8) is 0 Å². The summed E-state index contributed by atoms with van der Waals surface area (Å²) in [5, 5.41) is 2.81. The van der Waals surface area contributed by atoms with Crippen molar-refractivity contribution in [1.82, 2.24) is 5.32 Å². The fourth-order valence-electron chi connectivity index (χ4n) is 5.03. The molecule has 1 amide bonds. The number of carbonyl (C=O) groups excluding carboxylic acids is 1. The number of amides is 1. The third kappa shape index (κ3) is 7.56. The zero-order valence-corrected chi connectivity index (χ0v) is 23.3. The first kappa shape index (κ1) is 28.7. The summed E-state index contributed by atoms with van der Waals surface area (Å²) in [6.45, 7) is 7.09. The Hall–Kier alpha value is -3.89. The van der Waals surface area contributed by atoms with Gasteiger partial charge in [0, 0.05) is 18.5 Å². The minimum atomic E-state index is -1.22. The van der Waals surface area contributed by atoms with Crippen molar-refractivity contribution in [2.24, 2.45) is 0 Å². The third-order valence-corrected chi connectivity index (χ3v) is 6.88. The number of hydrogen-bond donors (Lipinski definition) is 1. The third-order valence-electron chi connectivity index (χ3n) is 6.88. The number of nitrogens with one attached hydrogen (secondary N) is 1. The van der Waals surface area contributed by atoms with Crippen LogP contribution >= 0.6 is 0 Å². The summed E-state index contributed by atoms with van der Waals surface area (Å²) >= 11 is 0. The van der Waals surface area contributed by atoms with E-state index in [0.29, 0.717) is 5.57 Å². The first-order chi connectivity index (χ1) is 18.2. The van der Waals surface area contributed by atoms with E-state index in [1.54, 1.807) is 6.92 Å². The molecule has 0 bridgehead atoms. The van der Waals surface area contributed by atoms with Crippen LogP contribution in [0.15, 0.2) is 133 Å². The highest BCUT2D eigenvalue weighted by Gasteiger charge is 2.31. The van der Waals surface area contributed by atoms with Crippen molar-refractivity contribution < 1.29 is 9.28 Å². The minimum Gasteiger partial charge on any atom is -0.352 e. The summed E-state index contributed by atoms with van der Waals surface area (Å²) in [6, 6.07) is 43.5. The molecule has 0 aliphatic rings. The van der Waals surface area contributed by atoms with E-state index in [4.69, 9.17) is 0 Å². The first-order valence-electron chi connectivity index (χ1n) is 13.4. The van der Waals surface area contributed by atoms with Crippen LogP contribution in [-0.4, -0.2) is 50.8 Å². The topological polar surface area (TPSA) is 29.1 Å². The number of nitrogens with zero attached hydrogens (tertiary/aromatic N) is 1. The molecule has 4 aromatic rings. The summed E-state index contributed by atoms with van der Waals surface area (Å²) in [5.74, 6) is -0.0404. The Bertz CT molecular complexity index is 1100. The van der Waals surface area contributed by atoms with Crippen molar-refractivity contribution in [2.75, 3.05) is 34.2 Å². The molecule has 196 valence electrons. The summed E-state index contributed by atoms with van der Waals surface area (Å²) in [5.41, 5.74) is 5.93. The van der Waals surface area contributed by atoms with Gasteiger partial charge in [0.05, 0.1) is 27.7 Å². The molecule has 0 unspecified atom stereocenters. The number of benzene rings is 4. The molecule has 0 fully saturated rings. The molecule has 4 aromatic carbocycles. The normalized spacial score (nSPS) is 11.2. The summed E-state index contributed by atoms with van der Waals surface area (Å²) < 4.78 is 0.933. The van der Waals surface area contributed by atoms with Crippen LogP contribution in [0.5, 0.6) is 0 Å². The van der Waals surface area contributed by atoms with Gasteiger partial charge in [-0.05, 0) is 6.92 Å². The molecular weight excluding hydrogens is 463 g/mol. The lowest BCUT2D eigenvalue weighted by Gasteiger charge is -2.44. The highest BCUT2D eigenvalue weighted by molar-refractivity contribution is 7.19. The second-order valence-electron chi connectivity index (χ2n) is 10.9. The largest absolute Gasteiger partial charge is 0.352 e.